The van der Waals surface area contributed by atoms with E-state index in [0.29, 0.717) is 29.6 Å². The van der Waals surface area contributed by atoms with E-state index in [1.807, 2.05) is 0 Å². The van der Waals surface area contributed by atoms with Crippen LogP contribution in [0, 0.1) is 11.7 Å². The molecule has 0 saturated heterocycles. The molecule has 1 unspecified atom stereocenters. The molecule has 4 heteroatoms. The minimum Gasteiger partial charge on any atom is -0.330 e. The van der Waals surface area contributed by atoms with Gasteiger partial charge in [-0.25, -0.2) is 4.39 Å². The molecule has 0 amide bonds. The van der Waals surface area contributed by atoms with E-state index in [1.54, 1.807) is 12.1 Å². The van der Waals surface area contributed by atoms with Gasteiger partial charge in [-0.1, -0.05) is 18.5 Å². The molecule has 16 heavy (non-hydrogen) atoms. The fourth-order valence-electron chi connectivity index (χ4n) is 1.37. The van der Waals surface area contributed by atoms with Gasteiger partial charge in [0.1, 0.15) is 5.82 Å². The van der Waals surface area contributed by atoms with Crippen LogP contribution in [0.5, 0.6) is 0 Å². The van der Waals surface area contributed by atoms with Crippen LogP contribution in [0.4, 0.5) is 4.39 Å². The van der Waals surface area contributed by atoms with Crippen LogP contribution in [0.15, 0.2) is 18.2 Å². The normalized spacial score (nSPS) is 12.8. The van der Waals surface area contributed by atoms with E-state index >= 15 is 0 Å². The molecule has 1 rings (SSSR count). The first-order chi connectivity index (χ1) is 7.63. The first-order valence-corrected chi connectivity index (χ1v) is 5.86. The monoisotopic (exact) mass is 244 g/mol. The Morgan fingerprint density at radius 3 is 2.94 bits per heavy atom. The summed E-state index contributed by atoms with van der Waals surface area (Å²) in [6.07, 6.45) is 0.999. The van der Waals surface area contributed by atoms with Crippen molar-refractivity contribution in [2.24, 2.45) is 11.7 Å². The fraction of sp³-hybridized carbons (Fsp3) is 0.500. The summed E-state index contributed by atoms with van der Waals surface area (Å²) in [5.41, 5.74) is 6.11. The number of nitrogens with one attached hydrogen (secondary N) is 1. The second-order valence-electron chi connectivity index (χ2n) is 4.04. The summed E-state index contributed by atoms with van der Waals surface area (Å²) in [6.45, 7) is 4.13. The lowest BCUT2D eigenvalue weighted by Crippen LogP contribution is -2.20. The Labute approximate surface area is 101 Å². The average Bonchev–Trinajstić information content (AvgIpc) is 2.28. The van der Waals surface area contributed by atoms with Gasteiger partial charge in [0, 0.05) is 17.1 Å². The zero-order chi connectivity index (χ0) is 12.0. The average molecular weight is 245 g/mol. The highest BCUT2D eigenvalue weighted by atomic mass is 35.5. The number of rotatable bonds is 6. The highest BCUT2D eigenvalue weighted by Crippen LogP contribution is 2.14. The second-order valence-corrected chi connectivity index (χ2v) is 4.48. The van der Waals surface area contributed by atoms with Crippen LogP contribution in [-0.4, -0.2) is 13.1 Å². The minimum atomic E-state index is -0.219. The molecule has 1 atom stereocenters. The predicted octanol–water partition coefficient (Wildman–Crippen LogP) is 2.55. The largest absolute Gasteiger partial charge is 0.330 e. The molecular weight excluding hydrogens is 227 g/mol. The maximum absolute atomic E-state index is 13.3. The topological polar surface area (TPSA) is 38.0 Å². The van der Waals surface area contributed by atoms with Gasteiger partial charge in [-0.2, -0.15) is 0 Å². The van der Waals surface area contributed by atoms with Crippen LogP contribution < -0.4 is 11.1 Å². The van der Waals surface area contributed by atoms with E-state index in [1.165, 1.54) is 6.07 Å². The smallest absolute Gasteiger partial charge is 0.127 e. The van der Waals surface area contributed by atoms with Crippen LogP contribution in [0.1, 0.15) is 18.9 Å². The quantitative estimate of drug-likeness (QED) is 0.755. The summed E-state index contributed by atoms with van der Waals surface area (Å²) >= 11 is 5.79. The second kappa shape index (κ2) is 6.84. The lowest BCUT2D eigenvalue weighted by molar-refractivity contribution is 0.503. The fourth-order valence-corrected chi connectivity index (χ4v) is 1.56. The summed E-state index contributed by atoms with van der Waals surface area (Å²) in [5, 5.41) is 3.74. The number of hydrogen-bond donors (Lipinski definition) is 2. The summed E-state index contributed by atoms with van der Waals surface area (Å²) in [4.78, 5) is 0. The van der Waals surface area contributed by atoms with E-state index in [-0.39, 0.29) is 5.82 Å². The molecule has 1 aromatic carbocycles. The van der Waals surface area contributed by atoms with Crippen molar-refractivity contribution in [3.05, 3.63) is 34.6 Å². The number of nitrogens with two attached hydrogens (primary N) is 1. The standard InChI is InChI=1S/C12H18ClFN2/c1-9(7-15)4-5-16-8-10-6-11(13)2-3-12(10)14/h2-3,6,9,16H,4-5,7-8,15H2,1H3. The van der Waals surface area contributed by atoms with Gasteiger partial charge in [0.2, 0.25) is 0 Å². The number of hydrogen-bond acceptors (Lipinski definition) is 2. The lowest BCUT2D eigenvalue weighted by Gasteiger charge is -2.09. The molecule has 0 spiro atoms. The Kier molecular flexibility index (Phi) is 5.74. The zero-order valence-corrected chi connectivity index (χ0v) is 10.2. The minimum absolute atomic E-state index is 0.219. The molecule has 0 fully saturated rings. The van der Waals surface area contributed by atoms with Crippen molar-refractivity contribution < 1.29 is 4.39 Å². The van der Waals surface area contributed by atoms with Gasteiger partial charge in [-0.3, -0.25) is 0 Å². The van der Waals surface area contributed by atoms with E-state index in [0.717, 1.165) is 13.0 Å². The highest BCUT2D eigenvalue weighted by molar-refractivity contribution is 6.30. The van der Waals surface area contributed by atoms with Crippen molar-refractivity contribution in [1.82, 2.24) is 5.32 Å². The maximum atomic E-state index is 13.3. The molecule has 0 aliphatic carbocycles. The SMILES string of the molecule is CC(CN)CCNCc1cc(Cl)ccc1F. The first kappa shape index (κ1) is 13.4. The van der Waals surface area contributed by atoms with Crippen LogP contribution in [-0.2, 0) is 6.54 Å². The summed E-state index contributed by atoms with van der Waals surface area (Å²) in [6, 6.07) is 4.59. The number of halogens is 2. The molecule has 0 radical (unpaired) electrons. The Morgan fingerprint density at radius 1 is 1.50 bits per heavy atom. The number of benzene rings is 1. The van der Waals surface area contributed by atoms with E-state index in [9.17, 15) is 4.39 Å². The van der Waals surface area contributed by atoms with Gasteiger partial charge < -0.3 is 11.1 Å². The van der Waals surface area contributed by atoms with E-state index in [2.05, 4.69) is 12.2 Å². The molecule has 0 heterocycles. The van der Waals surface area contributed by atoms with Crippen molar-refractivity contribution in [2.75, 3.05) is 13.1 Å². The van der Waals surface area contributed by atoms with Crippen LogP contribution in [0.2, 0.25) is 5.02 Å². The molecule has 3 N–H and O–H groups in total. The summed E-state index contributed by atoms with van der Waals surface area (Å²) in [5.74, 6) is 0.278. The maximum Gasteiger partial charge on any atom is 0.127 e. The molecule has 1 aromatic rings. The predicted molar refractivity (Wildman–Crippen MR) is 66.0 cm³/mol. The Hall–Kier alpha value is -0.640. The molecule has 0 bridgehead atoms. The zero-order valence-electron chi connectivity index (χ0n) is 9.47. The molecule has 0 aliphatic heterocycles. The van der Waals surface area contributed by atoms with Crippen LogP contribution >= 0.6 is 11.6 Å². The van der Waals surface area contributed by atoms with Crippen LogP contribution in [0.25, 0.3) is 0 Å². The highest BCUT2D eigenvalue weighted by Gasteiger charge is 2.03. The Morgan fingerprint density at radius 2 is 2.25 bits per heavy atom. The Balaban J connectivity index is 2.34. The van der Waals surface area contributed by atoms with Gasteiger partial charge in [-0.15, -0.1) is 0 Å². The summed E-state index contributed by atoms with van der Waals surface area (Å²) in [7, 11) is 0. The van der Waals surface area contributed by atoms with Gasteiger partial charge in [0.25, 0.3) is 0 Å². The van der Waals surface area contributed by atoms with Crippen molar-refractivity contribution in [3.63, 3.8) is 0 Å². The van der Waals surface area contributed by atoms with Crippen molar-refractivity contribution in [3.8, 4) is 0 Å². The molecular formula is C12H18ClFN2. The van der Waals surface area contributed by atoms with Crippen molar-refractivity contribution in [2.45, 2.75) is 19.9 Å². The van der Waals surface area contributed by atoms with Gasteiger partial charge in [0.15, 0.2) is 0 Å². The first-order valence-electron chi connectivity index (χ1n) is 5.48. The molecule has 0 saturated carbocycles. The third-order valence-electron chi connectivity index (χ3n) is 2.54. The van der Waals surface area contributed by atoms with Gasteiger partial charge in [0.05, 0.1) is 0 Å². The lowest BCUT2D eigenvalue weighted by atomic mass is 10.1. The third kappa shape index (κ3) is 4.47. The molecule has 0 aromatic heterocycles. The van der Waals surface area contributed by atoms with Crippen LogP contribution in [0.3, 0.4) is 0 Å². The van der Waals surface area contributed by atoms with Gasteiger partial charge >= 0.3 is 0 Å². The third-order valence-corrected chi connectivity index (χ3v) is 2.77. The molecule has 2 nitrogen and oxygen atoms in total. The molecule has 0 aliphatic rings. The van der Waals surface area contributed by atoms with Gasteiger partial charge in [-0.05, 0) is 43.6 Å². The van der Waals surface area contributed by atoms with E-state index < -0.39 is 0 Å². The van der Waals surface area contributed by atoms with Crippen molar-refractivity contribution in [1.29, 1.82) is 0 Å². The Bertz CT molecular complexity index is 331. The van der Waals surface area contributed by atoms with Crippen molar-refractivity contribution >= 4 is 11.6 Å². The molecule has 90 valence electrons. The summed E-state index contributed by atoms with van der Waals surface area (Å²) < 4.78 is 13.3. The van der Waals surface area contributed by atoms with E-state index in [4.69, 9.17) is 17.3 Å².